The Morgan fingerprint density at radius 3 is 1.82 bits per heavy atom. The first-order valence-electron chi connectivity index (χ1n) is 24.4. The zero-order valence-electron chi connectivity index (χ0n) is 42.5. The minimum Gasteiger partial charge on any atom is -0.380 e. The zero-order chi connectivity index (χ0) is 46.5. The van der Waals surface area contributed by atoms with Crippen molar-refractivity contribution in [3.8, 4) is 28.6 Å². The summed E-state index contributed by atoms with van der Waals surface area (Å²) < 4.78 is 9.63. The van der Waals surface area contributed by atoms with Gasteiger partial charge in [0.05, 0.1) is 29.6 Å². The summed E-state index contributed by atoms with van der Waals surface area (Å²) in [7, 11) is 0. The second-order valence-corrected chi connectivity index (χ2v) is 18.5. The summed E-state index contributed by atoms with van der Waals surface area (Å²) in [4.78, 5) is 5.02. The second-order valence-electron chi connectivity index (χ2n) is 18.5. The number of unbranched alkanes of at least 4 members (excludes halogenated alkanes) is 1. The molecule has 1 aliphatic carbocycles. The van der Waals surface area contributed by atoms with Crippen LogP contribution in [0.3, 0.4) is 0 Å². The van der Waals surface area contributed by atoms with Crippen LogP contribution in [0.2, 0.25) is 0 Å². The molecule has 6 rings (SSSR count). The molecule has 1 saturated heterocycles. The third-order valence-corrected chi connectivity index (χ3v) is 11.9. The van der Waals surface area contributed by atoms with Gasteiger partial charge in [-0.25, -0.2) is 0 Å². The van der Waals surface area contributed by atoms with Crippen molar-refractivity contribution in [1.82, 2.24) is 29.4 Å². The van der Waals surface area contributed by atoms with Crippen LogP contribution in [0.4, 0.5) is 0 Å². The summed E-state index contributed by atoms with van der Waals surface area (Å²) in [5, 5.41) is 18.6. The van der Waals surface area contributed by atoms with E-state index in [2.05, 4.69) is 165 Å². The number of hydrogen-bond donors (Lipinski definition) is 0. The normalized spacial score (nSPS) is 17.4. The topological polar surface area (TPSA) is 75.1 Å². The van der Waals surface area contributed by atoms with E-state index in [1.165, 1.54) is 67.8 Å². The van der Waals surface area contributed by atoms with E-state index < -0.39 is 0 Å². The lowest BCUT2D eigenvalue weighted by Crippen LogP contribution is -2.32. The van der Waals surface area contributed by atoms with Crippen molar-refractivity contribution < 1.29 is 4.74 Å². The van der Waals surface area contributed by atoms with E-state index in [9.17, 15) is 0 Å². The van der Waals surface area contributed by atoms with Gasteiger partial charge in [-0.2, -0.15) is 15.5 Å². The van der Waals surface area contributed by atoms with E-state index in [1.54, 1.807) is 0 Å². The predicted molar refractivity (Wildman–Crippen MR) is 266 cm³/mol. The van der Waals surface area contributed by atoms with Crippen molar-refractivity contribution in [2.75, 3.05) is 39.4 Å². The monoisotopic (exact) mass is 852 g/mol. The average molecular weight is 852 g/mol. The lowest BCUT2D eigenvalue weighted by atomic mass is 10.1. The number of aryl methyl sites for hydroxylation is 1. The molecule has 1 saturated carbocycles. The van der Waals surface area contributed by atoms with Crippen LogP contribution in [0.15, 0.2) is 60.7 Å². The molecule has 0 radical (unpaired) electrons. The fraction of sp³-hybridized carbons (Fsp3) is 0.648. The van der Waals surface area contributed by atoms with Gasteiger partial charge in [0.25, 0.3) is 0 Å². The zero-order valence-corrected chi connectivity index (χ0v) is 42.5. The van der Waals surface area contributed by atoms with Crippen molar-refractivity contribution in [3.63, 3.8) is 0 Å². The maximum atomic E-state index is 9.05. The van der Waals surface area contributed by atoms with E-state index in [0.717, 1.165) is 54.6 Å². The molecule has 2 aromatic heterocycles. The molecular weight excluding hydrogens is 763 g/mol. The largest absolute Gasteiger partial charge is 0.380 e. The van der Waals surface area contributed by atoms with Crippen LogP contribution in [0.25, 0.3) is 22.5 Å². The third-order valence-electron chi connectivity index (χ3n) is 11.9. The summed E-state index contributed by atoms with van der Waals surface area (Å²) in [5.41, 5.74) is 8.88. The van der Waals surface area contributed by atoms with Gasteiger partial charge in [0.15, 0.2) is 0 Å². The van der Waals surface area contributed by atoms with Gasteiger partial charge >= 0.3 is 0 Å². The molecule has 2 aromatic carbocycles. The Bertz CT molecular complexity index is 1820. The van der Waals surface area contributed by atoms with E-state index in [1.807, 2.05) is 38.1 Å². The number of benzene rings is 2. The van der Waals surface area contributed by atoms with Crippen LogP contribution in [0, 0.1) is 30.1 Å². The van der Waals surface area contributed by atoms with Gasteiger partial charge in [-0.1, -0.05) is 97.7 Å². The van der Waals surface area contributed by atoms with Crippen LogP contribution in [-0.2, 0) is 4.74 Å². The number of aromatic nitrogens is 4. The average Bonchev–Trinajstić information content (AvgIpc) is 3.50. The van der Waals surface area contributed by atoms with Crippen molar-refractivity contribution in [2.24, 2.45) is 11.8 Å². The number of ether oxygens (including phenoxy) is 1. The van der Waals surface area contributed by atoms with Gasteiger partial charge in [0, 0.05) is 72.3 Å². The molecule has 2 unspecified atom stereocenters. The number of nitriles is 1. The van der Waals surface area contributed by atoms with E-state index >= 15 is 0 Å². The Morgan fingerprint density at radius 1 is 0.726 bits per heavy atom. The van der Waals surface area contributed by atoms with E-state index in [0.29, 0.717) is 35.5 Å². The number of hydrogen-bond acceptors (Lipinski definition) is 6. The fourth-order valence-corrected chi connectivity index (χ4v) is 7.92. The van der Waals surface area contributed by atoms with E-state index in [-0.39, 0.29) is 0 Å². The maximum absolute atomic E-state index is 9.05. The molecule has 4 aromatic rings. The summed E-state index contributed by atoms with van der Waals surface area (Å²) in [6.07, 6.45) is 5.13. The van der Waals surface area contributed by atoms with Crippen molar-refractivity contribution >= 4 is 0 Å². The molecular formula is C54H89N7O. The van der Waals surface area contributed by atoms with Crippen LogP contribution >= 0.6 is 0 Å². The summed E-state index contributed by atoms with van der Waals surface area (Å²) in [6, 6.07) is 25.0. The van der Waals surface area contributed by atoms with Crippen molar-refractivity contribution in [1.29, 1.82) is 5.26 Å². The maximum Gasteiger partial charge on any atom is 0.0991 e. The van der Waals surface area contributed by atoms with Crippen LogP contribution in [0.1, 0.15) is 183 Å². The minimum absolute atomic E-state index is 0.355. The first kappa shape index (κ1) is 54.4. The highest BCUT2D eigenvalue weighted by molar-refractivity contribution is 5.62. The molecule has 0 N–H and O–H groups in total. The minimum atomic E-state index is 0.355. The molecule has 3 heterocycles. The number of rotatable bonds is 13. The van der Waals surface area contributed by atoms with Crippen LogP contribution in [-0.4, -0.2) is 80.8 Å². The molecule has 0 amide bonds. The Hall–Kier alpha value is -3.77. The molecule has 346 valence electrons. The summed E-state index contributed by atoms with van der Waals surface area (Å²) >= 11 is 0. The Morgan fingerprint density at radius 2 is 1.32 bits per heavy atom. The highest BCUT2D eigenvalue weighted by atomic mass is 16.5. The smallest absolute Gasteiger partial charge is 0.0991 e. The van der Waals surface area contributed by atoms with Gasteiger partial charge in [-0.3, -0.25) is 14.3 Å². The van der Waals surface area contributed by atoms with Gasteiger partial charge < -0.3 is 9.64 Å². The first-order chi connectivity index (χ1) is 29.5. The summed E-state index contributed by atoms with van der Waals surface area (Å²) in [5.74, 6) is 2.58. The third kappa shape index (κ3) is 17.1. The van der Waals surface area contributed by atoms with Gasteiger partial charge in [-0.15, -0.1) is 0 Å². The number of nitrogens with zero attached hydrogens (tertiary/aromatic N) is 7. The Kier molecular flexibility index (Phi) is 24.6. The molecule has 8 nitrogen and oxygen atoms in total. The highest BCUT2D eigenvalue weighted by Gasteiger charge is 2.46. The molecule has 62 heavy (non-hydrogen) atoms. The fourth-order valence-electron chi connectivity index (χ4n) is 7.92. The lowest BCUT2D eigenvalue weighted by Gasteiger charge is -2.25. The van der Waals surface area contributed by atoms with Gasteiger partial charge in [-0.05, 0) is 143 Å². The lowest BCUT2D eigenvalue weighted by molar-refractivity contribution is 0.136. The second kappa shape index (κ2) is 28.1. The standard InChI is InChI=1S/C18H21N3.C16H22N2.C10H23N.C8H17NO.C2H6/c1-11(2)21-17(18-12(3)13(18)4)9-16(20-21)15-7-5-6-14(8-15)10-19;1-11(2)16-10-15(17-18(16)12(3)4)14-8-6-7-13(5)9-14;1-5-7-9-11(8-6-2)10(3)4;1-8(2)9-4-3-6-10-7-5-9;1-2/h5-9,11-13,18H,1-4H3;6-12H,1-5H3;10H,5-9H2,1-4H3;8H,3-7H2,1-2H3;1-2H3. The van der Waals surface area contributed by atoms with Crippen LogP contribution < -0.4 is 0 Å². The van der Waals surface area contributed by atoms with Crippen molar-refractivity contribution in [2.45, 2.75) is 179 Å². The summed E-state index contributed by atoms with van der Waals surface area (Å²) in [6.45, 7) is 44.1. The Balaban J connectivity index is 0.000000294. The Labute approximate surface area is 380 Å². The molecule has 0 spiro atoms. The quantitative estimate of drug-likeness (QED) is 0.133. The predicted octanol–water partition coefficient (Wildman–Crippen LogP) is 14.0. The highest BCUT2D eigenvalue weighted by Crippen LogP contribution is 2.54. The first-order valence-corrected chi connectivity index (χ1v) is 24.4. The molecule has 2 aliphatic rings. The molecule has 2 fully saturated rings. The van der Waals surface area contributed by atoms with Crippen LogP contribution in [0.5, 0.6) is 0 Å². The van der Waals surface area contributed by atoms with Gasteiger partial charge in [0.1, 0.15) is 0 Å². The SMILES string of the molecule is CC.CC(C)N1CCCOCC1.CC1C(C)C1c1cc(-c2cccc(C#N)c2)nn1C(C)C.CCCCN(CCC)C(C)C.Cc1cccc(-c2cc(C(C)C)n(C(C)C)n2)c1. The molecule has 0 bridgehead atoms. The molecule has 2 atom stereocenters. The van der Waals surface area contributed by atoms with Crippen molar-refractivity contribution in [3.05, 3.63) is 83.2 Å². The van der Waals surface area contributed by atoms with Gasteiger partial charge in [0.2, 0.25) is 0 Å². The van der Waals surface area contributed by atoms with E-state index in [4.69, 9.17) is 20.2 Å². The molecule has 8 heteroatoms. The molecule has 1 aliphatic heterocycles.